The van der Waals surface area contributed by atoms with Gasteiger partial charge in [-0.05, 0) is 71.9 Å². The Morgan fingerprint density at radius 2 is 1.71 bits per heavy atom. The summed E-state index contributed by atoms with van der Waals surface area (Å²) < 4.78 is 12.8. The van der Waals surface area contributed by atoms with Crippen molar-refractivity contribution < 1.29 is 9.47 Å². The van der Waals surface area contributed by atoms with Crippen LogP contribution in [0, 0.1) is 0 Å². The molecule has 0 aliphatic heterocycles. The maximum atomic E-state index is 6.26. The van der Waals surface area contributed by atoms with Crippen molar-refractivity contribution in [2.24, 2.45) is 0 Å². The highest BCUT2D eigenvalue weighted by atomic mass is 79.9. The highest BCUT2D eigenvalue weighted by Gasteiger charge is 2.14. The zero-order valence-corrected chi connectivity index (χ0v) is 20.4. The highest BCUT2D eigenvalue weighted by Crippen LogP contribution is 2.38. The van der Waals surface area contributed by atoms with Gasteiger partial charge in [-0.25, -0.2) is 0 Å². The van der Waals surface area contributed by atoms with Gasteiger partial charge in [0.15, 0.2) is 11.5 Å². The lowest BCUT2D eigenvalue weighted by molar-refractivity contribution is 0.267. The molecular formula is C26H29BrClNO2. The van der Waals surface area contributed by atoms with Gasteiger partial charge in [-0.2, -0.15) is 0 Å². The number of rotatable bonds is 11. The average molecular weight is 503 g/mol. The van der Waals surface area contributed by atoms with Crippen molar-refractivity contribution in [1.82, 2.24) is 5.32 Å². The standard InChI is InChI=1S/C26H29BrClNO2/c1-3-30-25-16-21(17-29-19(2)13-14-20-9-5-4-6-10-20)15-23(27)26(25)31-18-22-11-7-8-12-24(22)28/h4-12,15-16,19,29H,3,13-14,17-18H2,1-2H3/t19-/m1/s1. The third-order valence-corrected chi connectivity index (χ3v) is 6.02. The van der Waals surface area contributed by atoms with Crippen LogP contribution >= 0.6 is 27.5 Å². The monoisotopic (exact) mass is 501 g/mol. The smallest absolute Gasteiger partial charge is 0.175 e. The largest absolute Gasteiger partial charge is 0.490 e. The molecule has 3 aromatic carbocycles. The Kier molecular flexibility index (Phi) is 9.26. The summed E-state index contributed by atoms with van der Waals surface area (Å²) in [5, 5.41) is 4.31. The molecule has 31 heavy (non-hydrogen) atoms. The number of nitrogens with one attached hydrogen (secondary N) is 1. The van der Waals surface area contributed by atoms with E-state index < -0.39 is 0 Å². The van der Waals surface area contributed by atoms with Crippen LogP contribution < -0.4 is 14.8 Å². The molecule has 0 aromatic heterocycles. The van der Waals surface area contributed by atoms with Crippen molar-refractivity contribution in [3.63, 3.8) is 0 Å². The molecule has 0 spiro atoms. The van der Waals surface area contributed by atoms with Crippen LogP contribution in [0.1, 0.15) is 37.0 Å². The zero-order valence-electron chi connectivity index (χ0n) is 18.0. The lowest BCUT2D eigenvalue weighted by Crippen LogP contribution is -2.26. The van der Waals surface area contributed by atoms with E-state index in [1.807, 2.05) is 37.3 Å². The summed E-state index contributed by atoms with van der Waals surface area (Å²) >= 11 is 9.92. The molecule has 0 aliphatic rings. The molecule has 0 heterocycles. The zero-order chi connectivity index (χ0) is 22.1. The lowest BCUT2D eigenvalue weighted by Gasteiger charge is -2.18. The van der Waals surface area contributed by atoms with Crippen LogP contribution in [-0.2, 0) is 19.6 Å². The molecule has 1 atom stereocenters. The maximum absolute atomic E-state index is 6.26. The molecular weight excluding hydrogens is 474 g/mol. The molecule has 3 rings (SSSR count). The fraction of sp³-hybridized carbons (Fsp3) is 0.308. The van der Waals surface area contributed by atoms with Crippen molar-refractivity contribution in [3.05, 3.63) is 92.9 Å². The molecule has 1 N–H and O–H groups in total. The van der Waals surface area contributed by atoms with Gasteiger partial charge in [0.05, 0.1) is 11.1 Å². The first-order chi connectivity index (χ1) is 15.1. The second kappa shape index (κ2) is 12.1. The van der Waals surface area contributed by atoms with Crippen LogP contribution in [0.3, 0.4) is 0 Å². The van der Waals surface area contributed by atoms with Gasteiger partial charge in [-0.15, -0.1) is 0 Å². The van der Waals surface area contributed by atoms with Crippen molar-refractivity contribution in [3.8, 4) is 11.5 Å². The van der Waals surface area contributed by atoms with Crippen molar-refractivity contribution in [2.45, 2.75) is 45.9 Å². The summed E-state index contributed by atoms with van der Waals surface area (Å²) in [6.45, 7) is 5.91. The van der Waals surface area contributed by atoms with E-state index in [-0.39, 0.29) is 0 Å². The van der Waals surface area contributed by atoms with E-state index in [0.717, 1.165) is 40.7 Å². The molecule has 0 saturated heterocycles. The molecule has 5 heteroatoms. The molecule has 0 radical (unpaired) electrons. The minimum atomic E-state index is 0.381. The molecule has 0 bridgehead atoms. The summed E-state index contributed by atoms with van der Waals surface area (Å²) in [7, 11) is 0. The highest BCUT2D eigenvalue weighted by molar-refractivity contribution is 9.10. The number of halogens is 2. The third-order valence-electron chi connectivity index (χ3n) is 5.06. The molecule has 0 saturated carbocycles. The second-order valence-electron chi connectivity index (χ2n) is 7.52. The normalized spacial score (nSPS) is 11.9. The Morgan fingerprint density at radius 3 is 2.45 bits per heavy atom. The number of aryl methyl sites for hydroxylation is 1. The Morgan fingerprint density at radius 1 is 0.968 bits per heavy atom. The van der Waals surface area contributed by atoms with Gasteiger partial charge in [0, 0.05) is 23.2 Å². The van der Waals surface area contributed by atoms with Gasteiger partial charge in [0.2, 0.25) is 0 Å². The van der Waals surface area contributed by atoms with E-state index in [2.05, 4.69) is 64.6 Å². The first-order valence-electron chi connectivity index (χ1n) is 10.7. The number of ether oxygens (including phenoxy) is 2. The fourth-order valence-electron chi connectivity index (χ4n) is 3.31. The van der Waals surface area contributed by atoms with Gasteiger partial charge in [-0.1, -0.05) is 60.1 Å². The van der Waals surface area contributed by atoms with Crippen LogP contribution in [0.5, 0.6) is 11.5 Å². The molecule has 0 aliphatic carbocycles. The predicted molar refractivity (Wildman–Crippen MR) is 132 cm³/mol. The SMILES string of the molecule is CCOc1cc(CN[C@H](C)CCc2ccccc2)cc(Br)c1OCc1ccccc1Cl. The van der Waals surface area contributed by atoms with E-state index in [1.54, 1.807) is 0 Å². The van der Waals surface area contributed by atoms with Gasteiger partial charge in [-0.3, -0.25) is 0 Å². The van der Waals surface area contributed by atoms with Crippen LogP contribution in [0.2, 0.25) is 5.02 Å². The Balaban J connectivity index is 1.61. The Bertz CT molecular complexity index is 965. The fourth-order valence-corrected chi connectivity index (χ4v) is 4.11. The Labute approximate surface area is 198 Å². The van der Waals surface area contributed by atoms with Gasteiger partial charge < -0.3 is 14.8 Å². The Hall–Kier alpha value is -2.01. The van der Waals surface area contributed by atoms with Crippen LogP contribution in [0.15, 0.2) is 71.2 Å². The topological polar surface area (TPSA) is 30.5 Å². The van der Waals surface area contributed by atoms with Crippen LogP contribution in [0.25, 0.3) is 0 Å². The predicted octanol–water partition coefficient (Wildman–Crippen LogP) is 7.19. The van der Waals surface area contributed by atoms with Crippen molar-refractivity contribution in [1.29, 1.82) is 0 Å². The summed E-state index contributed by atoms with van der Waals surface area (Å²) in [4.78, 5) is 0. The quantitative estimate of drug-likeness (QED) is 0.301. The van der Waals surface area contributed by atoms with E-state index in [4.69, 9.17) is 21.1 Å². The van der Waals surface area contributed by atoms with E-state index in [0.29, 0.717) is 30.0 Å². The first-order valence-corrected chi connectivity index (χ1v) is 11.8. The van der Waals surface area contributed by atoms with Crippen molar-refractivity contribution >= 4 is 27.5 Å². The molecule has 0 unspecified atom stereocenters. The van der Waals surface area contributed by atoms with E-state index in [1.165, 1.54) is 5.56 Å². The summed E-state index contributed by atoms with van der Waals surface area (Å²) in [6, 6.07) is 22.8. The van der Waals surface area contributed by atoms with E-state index >= 15 is 0 Å². The maximum Gasteiger partial charge on any atom is 0.175 e. The van der Waals surface area contributed by atoms with Gasteiger partial charge in [0.25, 0.3) is 0 Å². The van der Waals surface area contributed by atoms with Gasteiger partial charge >= 0.3 is 0 Å². The van der Waals surface area contributed by atoms with Crippen molar-refractivity contribution in [2.75, 3.05) is 6.61 Å². The molecule has 0 fully saturated rings. The van der Waals surface area contributed by atoms with Gasteiger partial charge in [0.1, 0.15) is 6.61 Å². The lowest BCUT2D eigenvalue weighted by atomic mass is 10.1. The summed E-state index contributed by atoms with van der Waals surface area (Å²) in [6.07, 6.45) is 2.15. The second-order valence-corrected chi connectivity index (χ2v) is 8.79. The average Bonchev–Trinajstić information content (AvgIpc) is 2.77. The molecule has 0 amide bonds. The first kappa shape index (κ1) is 23.6. The number of hydrogen-bond donors (Lipinski definition) is 1. The van der Waals surface area contributed by atoms with E-state index in [9.17, 15) is 0 Å². The summed E-state index contributed by atoms with van der Waals surface area (Å²) in [5.74, 6) is 1.43. The molecule has 3 nitrogen and oxygen atoms in total. The number of benzene rings is 3. The molecule has 3 aromatic rings. The van der Waals surface area contributed by atoms with Crippen LogP contribution in [-0.4, -0.2) is 12.6 Å². The minimum Gasteiger partial charge on any atom is -0.490 e. The van der Waals surface area contributed by atoms with Crippen LogP contribution in [0.4, 0.5) is 0 Å². The number of hydrogen-bond acceptors (Lipinski definition) is 3. The summed E-state index contributed by atoms with van der Waals surface area (Å²) in [5.41, 5.74) is 3.46. The minimum absolute atomic E-state index is 0.381. The third kappa shape index (κ3) is 7.27. The molecule has 164 valence electrons.